The summed E-state index contributed by atoms with van der Waals surface area (Å²) in [5, 5.41) is 0. The number of rotatable bonds is 5. The average molecular weight is 381 g/mol. The summed E-state index contributed by atoms with van der Waals surface area (Å²) in [5.41, 5.74) is 1.05. The zero-order valence-corrected chi connectivity index (χ0v) is 14.1. The van der Waals surface area contributed by atoms with Gasteiger partial charge in [-0.1, -0.05) is 12.2 Å². The quantitative estimate of drug-likeness (QED) is 0.803. The molecular weight excluding hydrogens is 368 g/mol. The summed E-state index contributed by atoms with van der Waals surface area (Å²) in [6.07, 6.45) is 2.63. The van der Waals surface area contributed by atoms with E-state index in [9.17, 15) is 8.42 Å². The van der Waals surface area contributed by atoms with Crippen LogP contribution >= 0.6 is 28.1 Å². The van der Waals surface area contributed by atoms with E-state index in [1.807, 2.05) is 0 Å². The van der Waals surface area contributed by atoms with Crippen LogP contribution in [0.15, 0.2) is 25.6 Å². The maximum atomic E-state index is 11.0. The number of halogens is 1. The number of nitrogens with one attached hydrogen (secondary N) is 1. The number of sulfonamides is 1. The Balaban J connectivity index is 2.20. The molecule has 0 aliphatic heterocycles. The fourth-order valence-electron chi connectivity index (χ4n) is 1.60. The minimum absolute atomic E-state index is 0.280. The molecule has 110 valence electrons. The van der Waals surface area contributed by atoms with Gasteiger partial charge in [0.15, 0.2) is 17.1 Å². The van der Waals surface area contributed by atoms with Gasteiger partial charge in [-0.15, -0.1) is 0 Å². The highest BCUT2D eigenvalue weighted by Gasteiger charge is 2.12. The molecule has 9 heteroatoms. The van der Waals surface area contributed by atoms with Gasteiger partial charge in [0, 0.05) is 26.2 Å². The first kappa shape index (κ1) is 15.5. The van der Waals surface area contributed by atoms with E-state index in [1.54, 1.807) is 18.0 Å². The van der Waals surface area contributed by atoms with Crippen molar-refractivity contribution >= 4 is 55.2 Å². The molecule has 6 nitrogen and oxygen atoms in total. The first-order valence-corrected chi connectivity index (χ1v) is 8.74. The molecule has 2 heterocycles. The Bertz CT molecular complexity index is 781. The first-order chi connectivity index (χ1) is 9.28. The fourth-order valence-corrected chi connectivity index (χ4v) is 2.66. The van der Waals surface area contributed by atoms with Crippen LogP contribution in [0.25, 0.3) is 11.2 Å². The molecule has 0 spiro atoms. The maximum Gasteiger partial charge on any atom is 0.208 e. The first-order valence-electron chi connectivity index (χ1n) is 5.64. The molecule has 2 aromatic heterocycles. The molecule has 0 aromatic carbocycles. The zero-order valence-electron chi connectivity index (χ0n) is 10.8. The summed E-state index contributed by atoms with van der Waals surface area (Å²) in [6.45, 7) is 0.731. The number of hydrogen-bond acceptors (Lipinski definition) is 6. The molecule has 0 saturated heterocycles. The van der Waals surface area contributed by atoms with E-state index in [1.165, 1.54) is 6.26 Å². The van der Waals surface area contributed by atoms with Gasteiger partial charge in [-0.25, -0.2) is 13.1 Å². The van der Waals surface area contributed by atoms with Crippen molar-refractivity contribution in [3.8, 4) is 0 Å². The van der Waals surface area contributed by atoms with Gasteiger partial charge in [-0.3, -0.25) is 0 Å². The molecule has 2 rings (SSSR count). The molecule has 0 bridgehead atoms. The molecule has 0 aliphatic carbocycles. The Morgan fingerprint density at radius 1 is 1.45 bits per heavy atom. The summed E-state index contributed by atoms with van der Waals surface area (Å²) >= 11 is 8.55. The summed E-state index contributed by atoms with van der Waals surface area (Å²) < 4.78 is 36.6. The highest BCUT2D eigenvalue weighted by molar-refractivity contribution is 9.10. The molecule has 0 atom stereocenters. The number of fused-ring (bicyclic) bond motifs is 1. The Labute approximate surface area is 129 Å². The zero-order chi connectivity index (χ0) is 14.9. The van der Waals surface area contributed by atoms with Gasteiger partial charge in [-0.05, 0) is 15.9 Å². The Morgan fingerprint density at radius 3 is 2.80 bits per heavy atom. The molecule has 1 N–H and O–H groups in total. The Hall–Kier alpha value is -0.900. The van der Waals surface area contributed by atoms with Crippen molar-refractivity contribution < 1.29 is 17.3 Å². The van der Waals surface area contributed by atoms with Crippen LogP contribution in [-0.4, -0.2) is 34.8 Å². The highest BCUT2D eigenvalue weighted by atomic mass is 79.9. The van der Waals surface area contributed by atoms with Crippen LogP contribution in [0.3, 0.4) is 0 Å². The van der Waals surface area contributed by atoms with Crippen LogP contribution in [0.4, 0.5) is 5.88 Å². The largest absolute Gasteiger partial charge is 0.458 e. The van der Waals surface area contributed by atoms with E-state index in [4.69, 9.17) is 21.1 Å². The smallest absolute Gasteiger partial charge is 0.208 e. The second kappa shape index (κ2) is 5.84. The molecule has 2 aromatic rings. The Kier molecular flexibility index (Phi) is 4.52. The van der Waals surface area contributed by atoms with E-state index >= 15 is 0 Å². The lowest BCUT2D eigenvalue weighted by Crippen LogP contribution is -2.32. The van der Waals surface area contributed by atoms with Crippen LogP contribution in [0.1, 0.15) is 0 Å². The molecular formula is C11H13BrN2O4S2. The van der Waals surface area contributed by atoms with E-state index in [2.05, 4.69) is 20.7 Å². The van der Waals surface area contributed by atoms with Crippen LogP contribution in [0, 0.1) is 4.51 Å². The topological polar surface area (TPSA) is 75.7 Å². The van der Waals surface area contributed by atoms with Gasteiger partial charge in [0.1, 0.15) is 6.26 Å². The number of likely N-dealkylation sites (N-methyl/N-ethyl adjacent to an activating group) is 1. The van der Waals surface area contributed by atoms with Crippen molar-refractivity contribution in [1.29, 1.82) is 0 Å². The molecule has 0 fully saturated rings. The van der Waals surface area contributed by atoms with Gasteiger partial charge in [0.2, 0.25) is 10.0 Å². The Morgan fingerprint density at radius 2 is 2.15 bits per heavy atom. The van der Waals surface area contributed by atoms with Crippen molar-refractivity contribution in [2.75, 3.05) is 31.3 Å². The predicted octanol–water partition coefficient (Wildman–Crippen LogP) is 2.50. The van der Waals surface area contributed by atoms with Crippen molar-refractivity contribution in [3.63, 3.8) is 0 Å². The summed E-state index contributed by atoms with van der Waals surface area (Å²) in [7, 11) is -1.40. The minimum atomic E-state index is -3.19. The summed E-state index contributed by atoms with van der Waals surface area (Å²) in [5.74, 6) is 0.542. The van der Waals surface area contributed by atoms with Crippen LogP contribution in [0.2, 0.25) is 0 Å². The van der Waals surface area contributed by atoms with E-state index < -0.39 is 10.0 Å². The molecule has 0 radical (unpaired) electrons. The third-order valence-electron chi connectivity index (χ3n) is 2.58. The van der Waals surface area contributed by atoms with Crippen molar-refractivity contribution in [3.05, 3.63) is 21.3 Å². The molecule has 0 unspecified atom stereocenters. The second-order valence-electron chi connectivity index (χ2n) is 4.28. The average Bonchev–Trinajstić information content (AvgIpc) is 2.70. The number of nitrogens with zero attached hydrogens (tertiary/aromatic N) is 1. The minimum Gasteiger partial charge on any atom is -0.458 e. The SMILES string of the molecule is CN(CCNS(C)(=O)=O)c1cc(=S)c2occ(Br)c2o1. The number of anilines is 1. The lowest BCUT2D eigenvalue weighted by molar-refractivity contribution is 0.565. The van der Waals surface area contributed by atoms with Crippen LogP contribution < -0.4 is 9.62 Å². The normalized spacial score (nSPS) is 11.9. The van der Waals surface area contributed by atoms with Crippen LogP contribution in [-0.2, 0) is 10.0 Å². The standard InChI is InChI=1S/C11H13BrN2O4S2/c1-14(4-3-13-20(2,15)16)9-5-8(19)11-10(18-9)7(12)6-17-11/h5-6,13H,3-4H2,1-2H3. The fraction of sp³-hybridized carbons (Fsp3) is 0.364. The lowest BCUT2D eigenvalue weighted by Gasteiger charge is -2.17. The van der Waals surface area contributed by atoms with E-state index in [0.29, 0.717) is 32.6 Å². The van der Waals surface area contributed by atoms with Gasteiger partial charge >= 0.3 is 0 Å². The molecule has 0 saturated carbocycles. The summed E-state index contributed by atoms with van der Waals surface area (Å²) in [4.78, 5) is 1.77. The van der Waals surface area contributed by atoms with Crippen molar-refractivity contribution in [2.24, 2.45) is 0 Å². The lowest BCUT2D eigenvalue weighted by atomic mass is 10.4. The predicted molar refractivity (Wildman–Crippen MR) is 83.1 cm³/mol. The van der Waals surface area contributed by atoms with Gasteiger partial charge < -0.3 is 13.7 Å². The maximum absolute atomic E-state index is 11.0. The molecule has 0 amide bonds. The number of hydrogen-bond donors (Lipinski definition) is 1. The van der Waals surface area contributed by atoms with Crippen molar-refractivity contribution in [2.45, 2.75) is 0 Å². The third kappa shape index (κ3) is 3.60. The van der Waals surface area contributed by atoms with Gasteiger partial charge in [-0.2, -0.15) is 0 Å². The molecule has 20 heavy (non-hydrogen) atoms. The van der Waals surface area contributed by atoms with Crippen molar-refractivity contribution in [1.82, 2.24) is 4.72 Å². The third-order valence-corrected chi connectivity index (χ3v) is 4.15. The van der Waals surface area contributed by atoms with Gasteiger partial charge in [0.25, 0.3) is 0 Å². The van der Waals surface area contributed by atoms with E-state index in [-0.39, 0.29) is 6.54 Å². The molecule has 0 aliphatic rings. The summed E-state index contributed by atoms with van der Waals surface area (Å²) in [6, 6.07) is 1.67. The monoisotopic (exact) mass is 380 g/mol. The highest BCUT2D eigenvalue weighted by Crippen LogP contribution is 2.30. The van der Waals surface area contributed by atoms with E-state index in [0.717, 1.165) is 6.26 Å². The second-order valence-corrected chi connectivity index (χ2v) is 7.41. The number of furan rings is 1. The van der Waals surface area contributed by atoms with Gasteiger partial charge in [0.05, 0.1) is 15.2 Å². The van der Waals surface area contributed by atoms with Crippen LogP contribution in [0.5, 0.6) is 0 Å².